The lowest BCUT2D eigenvalue weighted by Gasteiger charge is -2.10. The summed E-state index contributed by atoms with van der Waals surface area (Å²) in [5, 5.41) is 8.61. The molecular formula is C11H12O4. The lowest BCUT2D eigenvalue weighted by atomic mass is 10.0. The van der Waals surface area contributed by atoms with Crippen molar-refractivity contribution in [2.75, 3.05) is 7.11 Å². The first-order valence-corrected chi connectivity index (χ1v) is 4.40. The topological polar surface area (TPSA) is 63.6 Å². The first kappa shape index (κ1) is 11.2. The Morgan fingerprint density at radius 3 is 2.33 bits per heavy atom. The van der Waals surface area contributed by atoms with Crippen LogP contribution in [0.5, 0.6) is 5.75 Å². The average Bonchev–Trinajstić information content (AvgIpc) is 2.20. The number of ether oxygens (including phenoxy) is 1. The van der Waals surface area contributed by atoms with Gasteiger partial charge < -0.3 is 9.84 Å². The van der Waals surface area contributed by atoms with Crippen molar-refractivity contribution >= 4 is 11.8 Å². The maximum absolute atomic E-state index is 11.3. The van der Waals surface area contributed by atoms with Crippen LogP contribution < -0.4 is 4.74 Å². The molecule has 15 heavy (non-hydrogen) atoms. The second-order valence-electron chi connectivity index (χ2n) is 3.22. The molecule has 0 atom stereocenters. The first-order chi connectivity index (χ1) is 6.99. The minimum absolute atomic E-state index is 0.0908. The fourth-order valence-corrected chi connectivity index (χ4v) is 1.35. The summed E-state index contributed by atoms with van der Waals surface area (Å²) in [6.45, 7) is 3.65. The number of ketones is 1. The molecule has 80 valence electrons. The van der Waals surface area contributed by atoms with Crippen LogP contribution in [0, 0.1) is 13.8 Å². The fourth-order valence-electron chi connectivity index (χ4n) is 1.35. The third-order valence-corrected chi connectivity index (χ3v) is 2.32. The summed E-state index contributed by atoms with van der Waals surface area (Å²) in [5.41, 5.74) is 1.83. The van der Waals surface area contributed by atoms with Gasteiger partial charge in [-0.3, -0.25) is 4.79 Å². The van der Waals surface area contributed by atoms with Gasteiger partial charge in [0, 0.05) is 0 Å². The number of carbonyl (C=O) groups excluding carboxylic acids is 1. The van der Waals surface area contributed by atoms with Crippen LogP contribution in [-0.2, 0) is 4.79 Å². The number of hydrogen-bond donors (Lipinski definition) is 1. The largest absolute Gasteiger partial charge is 0.496 e. The van der Waals surface area contributed by atoms with Gasteiger partial charge in [0.1, 0.15) is 5.75 Å². The van der Waals surface area contributed by atoms with Crippen molar-refractivity contribution in [3.05, 3.63) is 28.8 Å². The standard InChI is InChI=1S/C11H12O4/c1-6-4-5-8(9(12)11(13)14)10(15-3)7(6)2/h4-5H,1-3H3,(H,13,14). The van der Waals surface area contributed by atoms with Crippen molar-refractivity contribution in [1.82, 2.24) is 0 Å². The van der Waals surface area contributed by atoms with E-state index in [1.165, 1.54) is 13.2 Å². The summed E-state index contributed by atoms with van der Waals surface area (Å²) in [7, 11) is 1.42. The van der Waals surface area contributed by atoms with E-state index in [4.69, 9.17) is 9.84 Å². The molecule has 0 unspecified atom stereocenters. The number of carbonyl (C=O) groups is 2. The summed E-state index contributed by atoms with van der Waals surface area (Å²) in [6.07, 6.45) is 0. The Hall–Kier alpha value is -1.84. The van der Waals surface area contributed by atoms with Crippen LogP contribution in [0.3, 0.4) is 0 Å². The van der Waals surface area contributed by atoms with Crippen LogP contribution in [-0.4, -0.2) is 24.0 Å². The highest BCUT2D eigenvalue weighted by atomic mass is 16.5. The molecule has 0 amide bonds. The molecule has 0 bridgehead atoms. The van der Waals surface area contributed by atoms with Crippen LogP contribution in [0.25, 0.3) is 0 Å². The van der Waals surface area contributed by atoms with E-state index in [2.05, 4.69) is 0 Å². The van der Waals surface area contributed by atoms with E-state index in [9.17, 15) is 9.59 Å². The van der Waals surface area contributed by atoms with E-state index in [-0.39, 0.29) is 5.56 Å². The average molecular weight is 208 g/mol. The SMILES string of the molecule is COc1c(C(=O)C(=O)O)ccc(C)c1C. The molecule has 0 spiro atoms. The Bertz CT molecular complexity index is 421. The Kier molecular flexibility index (Phi) is 3.09. The van der Waals surface area contributed by atoms with E-state index >= 15 is 0 Å². The van der Waals surface area contributed by atoms with Gasteiger partial charge in [0.05, 0.1) is 12.7 Å². The van der Waals surface area contributed by atoms with Crippen LogP contribution in [0.2, 0.25) is 0 Å². The molecule has 0 heterocycles. The maximum Gasteiger partial charge on any atom is 0.377 e. The van der Waals surface area contributed by atoms with Crippen molar-refractivity contribution in [1.29, 1.82) is 0 Å². The second-order valence-corrected chi connectivity index (χ2v) is 3.22. The molecule has 4 nitrogen and oxygen atoms in total. The fraction of sp³-hybridized carbons (Fsp3) is 0.273. The van der Waals surface area contributed by atoms with Crippen molar-refractivity contribution in [2.24, 2.45) is 0 Å². The van der Waals surface area contributed by atoms with E-state index in [0.717, 1.165) is 11.1 Å². The number of methoxy groups -OCH3 is 1. The predicted molar refractivity (Wildman–Crippen MR) is 54.4 cm³/mol. The summed E-state index contributed by atoms with van der Waals surface area (Å²) in [5.74, 6) is -2.09. The van der Waals surface area contributed by atoms with E-state index in [1.807, 2.05) is 6.92 Å². The zero-order valence-electron chi connectivity index (χ0n) is 8.83. The number of carboxylic acid groups (broad SMARTS) is 1. The molecule has 0 aliphatic heterocycles. The Balaban J connectivity index is 3.37. The molecule has 0 aliphatic carbocycles. The lowest BCUT2D eigenvalue weighted by Crippen LogP contribution is -2.14. The third-order valence-electron chi connectivity index (χ3n) is 2.32. The summed E-state index contributed by atoms with van der Waals surface area (Å²) < 4.78 is 5.04. The van der Waals surface area contributed by atoms with Crippen LogP contribution in [0.4, 0.5) is 0 Å². The highest BCUT2D eigenvalue weighted by molar-refractivity contribution is 6.40. The number of benzene rings is 1. The molecule has 1 aromatic rings. The van der Waals surface area contributed by atoms with Crippen molar-refractivity contribution in [2.45, 2.75) is 13.8 Å². The second kappa shape index (κ2) is 4.13. The molecule has 1 N–H and O–H groups in total. The minimum Gasteiger partial charge on any atom is -0.496 e. The quantitative estimate of drug-likeness (QED) is 0.605. The van der Waals surface area contributed by atoms with Gasteiger partial charge in [-0.05, 0) is 31.0 Å². The van der Waals surface area contributed by atoms with Gasteiger partial charge in [0.15, 0.2) is 0 Å². The van der Waals surface area contributed by atoms with E-state index in [1.54, 1.807) is 13.0 Å². The molecule has 0 saturated carbocycles. The number of aliphatic carboxylic acids is 1. The normalized spacial score (nSPS) is 9.80. The van der Waals surface area contributed by atoms with Gasteiger partial charge >= 0.3 is 5.97 Å². The predicted octanol–water partition coefficient (Wildman–Crippen LogP) is 1.58. The van der Waals surface area contributed by atoms with Gasteiger partial charge in [-0.2, -0.15) is 0 Å². The Morgan fingerprint density at radius 2 is 1.87 bits per heavy atom. The number of aryl methyl sites for hydroxylation is 1. The highest BCUT2D eigenvalue weighted by Gasteiger charge is 2.20. The van der Waals surface area contributed by atoms with Gasteiger partial charge in [0.25, 0.3) is 5.78 Å². The Morgan fingerprint density at radius 1 is 1.27 bits per heavy atom. The van der Waals surface area contributed by atoms with Crippen molar-refractivity contribution in [3.8, 4) is 5.75 Å². The van der Waals surface area contributed by atoms with Gasteiger partial charge in [-0.15, -0.1) is 0 Å². The van der Waals surface area contributed by atoms with E-state index < -0.39 is 11.8 Å². The number of carboxylic acids is 1. The first-order valence-electron chi connectivity index (χ1n) is 4.40. The van der Waals surface area contributed by atoms with Crippen LogP contribution in [0.15, 0.2) is 12.1 Å². The zero-order chi connectivity index (χ0) is 11.6. The lowest BCUT2D eigenvalue weighted by molar-refractivity contribution is -0.131. The highest BCUT2D eigenvalue weighted by Crippen LogP contribution is 2.26. The minimum atomic E-state index is -1.48. The van der Waals surface area contributed by atoms with Gasteiger partial charge in [-0.1, -0.05) is 6.07 Å². The molecule has 0 aliphatic rings. The molecule has 0 saturated heterocycles. The van der Waals surface area contributed by atoms with Crippen molar-refractivity contribution in [3.63, 3.8) is 0 Å². The summed E-state index contributed by atoms with van der Waals surface area (Å²) in [6, 6.07) is 3.17. The number of hydrogen-bond acceptors (Lipinski definition) is 3. The third kappa shape index (κ3) is 1.98. The Labute approximate surface area is 87.5 Å². The molecule has 0 aromatic heterocycles. The van der Waals surface area contributed by atoms with Crippen LogP contribution >= 0.6 is 0 Å². The molecule has 0 radical (unpaired) electrons. The molecule has 0 fully saturated rings. The molecule has 1 aromatic carbocycles. The number of Topliss-reactive ketones (excluding diaryl/α,β-unsaturated/α-hetero) is 1. The zero-order valence-corrected chi connectivity index (χ0v) is 8.83. The monoisotopic (exact) mass is 208 g/mol. The van der Waals surface area contributed by atoms with Crippen LogP contribution in [0.1, 0.15) is 21.5 Å². The molecule has 1 rings (SSSR count). The maximum atomic E-state index is 11.3. The molecular weight excluding hydrogens is 196 g/mol. The summed E-state index contributed by atoms with van der Waals surface area (Å²) in [4.78, 5) is 21.9. The summed E-state index contributed by atoms with van der Waals surface area (Å²) >= 11 is 0. The van der Waals surface area contributed by atoms with E-state index in [0.29, 0.717) is 5.75 Å². The smallest absolute Gasteiger partial charge is 0.377 e. The molecule has 4 heteroatoms. The van der Waals surface area contributed by atoms with Gasteiger partial charge in [-0.25, -0.2) is 4.79 Å². The van der Waals surface area contributed by atoms with Gasteiger partial charge in [0.2, 0.25) is 0 Å². The number of rotatable bonds is 3. The van der Waals surface area contributed by atoms with Crippen molar-refractivity contribution < 1.29 is 19.4 Å².